The summed E-state index contributed by atoms with van der Waals surface area (Å²) in [7, 11) is 0. The fourth-order valence-electron chi connectivity index (χ4n) is 0.404. The molecule has 0 atom stereocenters. The van der Waals surface area contributed by atoms with Gasteiger partial charge in [0.2, 0.25) is 6.20 Å². The summed E-state index contributed by atoms with van der Waals surface area (Å²) in [5, 5.41) is 13.6. The maximum Gasteiger partial charge on any atom is 0.213 e. The topological polar surface area (TPSA) is 56.9 Å². The highest BCUT2D eigenvalue weighted by Crippen LogP contribution is 1.59. The van der Waals surface area contributed by atoms with Gasteiger partial charge in [0.15, 0.2) is 5.43 Å². The minimum absolute atomic E-state index is 0.225. The highest BCUT2D eigenvalue weighted by molar-refractivity contribution is 4.85. The second-order valence-corrected chi connectivity index (χ2v) is 1.45. The Hall–Kier alpha value is -1.45. The molecule has 0 N–H and O–H groups in total. The average Bonchev–Trinajstić information content (AvgIpc) is 1.97. The van der Waals surface area contributed by atoms with Gasteiger partial charge in [-0.1, -0.05) is 4.85 Å². The maximum atomic E-state index is 10.4. The summed E-state index contributed by atoms with van der Waals surface area (Å²) in [6.07, 6.45) is 2.22. The zero-order valence-electron chi connectivity index (χ0n) is 4.52. The van der Waals surface area contributed by atoms with Crippen molar-refractivity contribution in [1.29, 1.82) is 0 Å². The Morgan fingerprint density at radius 1 is 1.56 bits per heavy atom. The second kappa shape index (κ2) is 2.21. The molecule has 1 rings (SSSR count). The number of aromatic nitrogens is 2. The Kier molecular flexibility index (Phi) is 1.40. The molecule has 0 aliphatic rings. The zero-order chi connectivity index (χ0) is 6.69. The van der Waals surface area contributed by atoms with Crippen molar-refractivity contribution in [3.05, 3.63) is 40.0 Å². The van der Waals surface area contributed by atoms with E-state index in [2.05, 4.69) is 5.10 Å². The molecule has 4 heteroatoms. The number of hydrogen-bond acceptors (Lipinski definition) is 3. The van der Waals surface area contributed by atoms with Crippen LogP contribution in [0.3, 0.4) is 0 Å². The molecule has 1 aromatic rings. The zero-order valence-corrected chi connectivity index (χ0v) is 4.52. The van der Waals surface area contributed by atoms with Gasteiger partial charge in [-0.15, -0.1) is 0 Å². The lowest BCUT2D eigenvalue weighted by Crippen LogP contribution is -2.27. The van der Waals surface area contributed by atoms with E-state index in [0.717, 1.165) is 18.5 Å². The SMILES string of the molecule is O=c1ccn[n+]([O-])cc1. The van der Waals surface area contributed by atoms with E-state index in [4.69, 9.17) is 0 Å². The van der Waals surface area contributed by atoms with Crippen molar-refractivity contribution in [3.8, 4) is 0 Å². The van der Waals surface area contributed by atoms with E-state index in [1.165, 1.54) is 6.07 Å². The summed E-state index contributed by atoms with van der Waals surface area (Å²) in [4.78, 5) is 10.8. The predicted octanol–water partition coefficient (Wildman–Crippen LogP) is -0.925. The molecule has 0 spiro atoms. The second-order valence-electron chi connectivity index (χ2n) is 1.45. The van der Waals surface area contributed by atoms with Gasteiger partial charge in [-0.25, -0.2) is 0 Å². The minimum Gasteiger partial charge on any atom is -0.594 e. The van der Waals surface area contributed by atoms with E-state index in [1.54, 1.807) is 0 Å². The molecular formula is C5H4N2O2. The molecular weight excluding hydrogens is 120 g/mol. The number of nitrogens with zero attached hydrogens (tertiary/aromatic N) is 2. The molecule has 0 aliphatic heterocycles. The van der Waals surface area contributed by atoms with Gasteiger partial charge in [0.1, 0.15) is 0 Å². The largest absolute Gasteiger partial charge is 0.594 e. The quantitative estimate of drug-likeness (QED) is 0.332. The molecule has 0 radical (unpaired) electrons. The van der Waals surface area contributed by atoms with E-state index in [0.29, 0.717) is 4.85 Å². The Balaban J connectivity index is 3.33. The molecule has 0 aromatic carbocycles. The summed E-state index contributed by atoms with van der Waals surface area (Å²) < 4.78 is 0. The predicted molar refractivity (Wildman–Crippen MR) is 29.5 cm³/mol. The van der Waals surface area contributed by atoms with E-state index in [9.17, 15) is 10.0 Å². The van der Waals surface area contributed by atoms with Gasteiger partial charge in [0.05, 0.1) is 12.3 Å². The fourth-order valence-corrected chi connectivity index (χ4v) is 0.404. The molecule has 1 heterocycles. The van der Waals surface area contributed by atoms with Crippen LogP contribution in [0.2, 0.25) is 0 Å². The molecule has 0 saturated carbocycles. The third-order valence-electron chi connectivity index (χ3n) is 0.786. The molecule has 0 amide bonds. The van der Waals surface area contributed by atoms with Crippen molar-refractivity contribution in [2.75, 3.05) is 0 Å². The first-order chi connectivity index (χ1) is 4.29. The van der Waals surface area contributed by atoms with Crippen LogP contribution in [0.15, 0.2) is 29.3 Å². The van der Waals surface area contributed by atoms with Gasteiger partial charge >= 0.3 is 0 Å². The van der Waals surface area contributed by atoms with Crippen molar-refractivity contribution in [2.45, 2.75) is 0 Å². The first-order valence-corrected chi connectivity index (χ1v) is 2.35. The first-order valence-electron chi connectivity index (χ1n) is 2.35. The van der Waals surface area contributed by atoms with Gasteiger partial charge in [-0.2, -0.15) is 0 Å². The van der Waals surface area contributed by atoms with Crippen molar-refractivity contribution >= 4 is 0 Å². The number of rotatable bonds is 0. The number of hydrogen-bond donors (Lipinski definition) is 0. The molecule has 0 aliphatic carbocycles. The van der Waals surface area contributed by atoms with Gasteiger partial charge in [0.25, 0.3) is 0 Å². The summed E-state index contributed by atoms with van der Waals surface area (Å²) in [5.41, 5.74) is -0.225. The van der Waals surface area contributed by atoms with Crippen molar-refractivity contribution in [3.63, 3.8) is 0 Å². The van der Waals surface area contributed by atoms with E-state index >= 15 is 0 Å². The highest BCUT2D eigenvalue weighted by Gasteiger charge is 1.82. The van der Waals surface area contributed by atoms with Crippen LogP contribution in [0.5, 0.6) is 0 Å². The molecule has 46 valence electrons. The Bertz CT molecular complexity index is 261. The molecule has 0 unspecified atom stereocenters. The van der Waals surface area contributed by atoms with Crippen LogP contribution < -0.4 is 10.3 Å². The lowest BCUT2D eigenvalue weighted by Gasteiger charge is -1.79. The normalized spacial score (nSPS) is 8.89. The van der Waals surface area contributed by atoms with Crippen LogP contribution >= 0.6 is 0 Å². The molecule has 4 nitrogen and oxygen atoms in total. The van der Waals surface area contributed by atoms with E-state index < -0.39 is 0 Å². The van der Waals surface area contributed by atoms with Crippen LogP contribution in [-0.2, 0) is 0 Å². The smallest absolute Gasteiger partial charge is 0.213 e. The van der Waals surface area contributed by atoms with Crippen molar-refractivity contribution in [1.82, 2.24) is 5.10 Å². The molecule has 0 fully saturated rings. The molecule has 0 bridgehead atoms. The summed E-state index contributed by atoms with van der Waals surface area (Å²) in [6.45, 7) is 0. The van der Waals surface area contributed by atoms with Gasteiger partial charge < -0.3 is 5.21 Å². The van der Waals surface area contributed by atoms with Gasteiger partial charge in [-0.05, 0) is 0 Å². The molecule has 1 aromatic heterocycles. The lowest BCUT2D eigenvalue weighted by molar-refractivity contribution is -0.668. The summed E-state index contributed by atoms with van der Waals surface area (Å²) in [5.74, 6) is 0. The van der Waals surface area contributed by atoms with Crippen molar-refractivity contribution < 1.29 is 4.85 Å². The summed E-state index contributed by atoms with van der Waals surface area (Å²) >= 11 is 0. The fraction of sp³-hybridized carbons (Fsp3) is 0. The van der Waals surface area contributed by atoms with Gasteiger partial charge in [-0.3, -0.25) is 4.79 Å². The van der Waals surface area contributed by atoms with Crippen LogP contribution in [0.25, 0.3) is 0 Å². The van der Waals surface area contributed by atoms with Gasteiger partial charge in [0, 0.05) is 11.2 Å². The van der Waals surface area contributed by atoms with Crippen LogP contribution in [-0.4, -0.2) is 5.10 Å². The Morgan fingerprint density at radius 2 is 2.33 bits per heavy atom. The molecule has 0 saturated heterocycles. The standard InChI is InChI=1S/C5H4N2O2/c8-5-1-3-6-7(9)4-2-5/h1-4H. The summed E-state index contributed by atoms with van der Waals surface area (Å²) in [6, 6.07) is 2.37. The third-order valence-corrected chi connectivity index (χ3v) is 0.786. The van der Waals surface area contributed by atoms with Crippen LogP contribution in [0.1, 0.15) is 0 Å². The van der Waals surface area contributed by atoms with E-state index in [1.807, 2.05) is 0 Å². The average molecular weight is 124 g/mol. The minimum atomic E-state index is -0.225. The van der Waals surface area contributed by atoms with Crippen LogP contribution in [0, 0.1) is 5.21 Å². The van der Waals surface area contributed by atoms with Crippen molar-refractivity contribution in [2.24, 2.45) is 0 Å². The van der Waals surface area contributed by atoms with E-state index in [-0.39, 0.29) is 5.43 Å². The maximum absolute atomic E-state index is 10.4. The molecule has 9 heavy (non-hydrogen) atoms. The Morgan fingerprint density at radius 3 is 3.11 bits per heavy atom. The monoisotopic (exact) mass is 124 g/mol. The van der Waals surface area contributed by atoms with Crippen LogP contribution in [0.4, 0.5) is 0 Å². The first kappa shape index (κ1) is 5.68. The Labute approximate surface area is 51.0 Å². The third kappa shape index (κ3) is 1.49. The highest BCUT2D eigenvalue weighted by atomic mass is 16.5. The lowest BCUT2D eigenvalue weighted by atomic mass is 10.5.